The maximum atomic E-state index is 12.2. The van der Waals surface area contributed by atoms with Crippen LogP contribution in [0.15, 0.2) is 30.6 Å². The van der Waals surface area contributed by atoms with Crippen LogP contribution in [-0.2, 0) is 9.53 Å². The summed E-state index contributed by atoms with van der Waals surface area (Å²) >= 11 is 0. The van der Waals surface area contributed by atoms with Crippen LogP contribution in [0, 0.1) is 6.92 Å². The Bertz CT molecular complexity index is 731. The minimum Gasteiger partial charge on any atom is -0.494 e. The van der Waals surface area contributed by atoms with E-state index in [0.29, 0.717) is 28.5 Å². The van der Waals surface area contributed by atoms with Crippen LogP contribution in [0.3, 0.4) is 0 Å². The van der Waals surface area contributed by atoms with Gasteiger partial charge in [0, 0.05) is 31.3 Å². The van der Waals surface area contributed by atoms with Gasteiger partial charge in [-0.2, -0.15) is 0 Å². The second kappa shape index (κ2) is 8.02. The van der Waals surface area contributed by atoms with Crippen molar-refractivity contribution < 1.29 is 19.1 Å². The minimum absolute atomic E-state index is 0.0605. The van der Waals surface area contributed by atoms with Crippen molar-refractivity contribution in [2.24, 2.45) is 0 Å². The van der Waals surface area contributed by atoms with Crippen molar-refractivity contribution in [2.45, 2.75) is 6.92 Å². The van der Waals surface area contributed by atoms with E-state index in [1.54, 1.807) is 25.1 Å². The van der Waals surface area contributed by atoms with E-state index in [2.05, 4.69) is 20.6 Å². The summed E-state index contributed by atoms with van der Waals surface area (Å²) in [5.41, 5.74) is 1.34. The fourth-order valence-corrected chi connectivity index (χ4v) is 1.90. The number of amides is 2. The number of aromatic nitrogens is 2. The summed E-state index contributed by atoms with van der Waals surface area (Å²) in [5.74, 6) is 0.361. The molecular weight excluding hydrogens is 312 g/mol. The average molecular weight is 330 g/mol. The van der Waals surface area contributed by atoms with Gasteiger partial charge in [-0.15, -0.1) is 0 Å². The molecule has 0 aliphatic carbocycles. The van der Waals surface area contributed by atoms with Gasteiger partial charge in [-0.1, -0.05) is 0 Å². The number of anilines is 2. The molecule has 2 aromatic rings. The molecule has 8 heteroatoms. The number of nitrogens with zero attached hydrogens (tertiary/aromatic N) is 2. The molecule has 0 aliphatic heterocycles. The normalized spacial score (nSPS) is 10.1. The molecule has 0 aliphatic rings. The molecule has 2 amide bonds. The highest BCUT2D eigenvalue weighted by Gasteiger charge is 2.11. The second-order valence-corrected chi connectivity index (χ2v) is 4.87. The van der Waals surface area contributed by atoms with Crippen LogP contribution in [0.1, 0.15) is 16.2 Å². The number of rotatable bonds is 6. The molecule has 0 bridgehead atoms. The van der Waals surface area contributed by atoms with Crippen molar-refractivity contribution in [1.82, 2.24) is 9.97 Å². The first-order valence-electron chi connectivity index (χ1n) is 7.10. The molecule has 1 heterocycles. The number of carbonyl (C=O) groups excluding carboxylic acids is 2. The average Bonchev–Trinajstić information content (AvgIpc) is 2.57. The van der Waals surface area contributed by atoms with Crippen molar-refractivity contribution >= 4 is 23.2 Å². The number of hydrogen-bond acceptors (Lipinski definition) is 6. The summed E-state index contributed by atoms with van der Waals surface area (Å²) in [6.07, 6.45) is 2.91. The lowest BCUT2D eigenvalue weighted by Gasteiger charge is -2.12. The van der Waals surface area contributed by atoms with Crippen LogP contribution in [0.2, 0.25) is 0 Å². The van der Waals surface area contributed by atoms with E-state index in [1.807, 2.05) is 0 Å². The summed E-state index contributed by atoms with van der Waals surface area (Å²) < 4.78 is 10.00. The van der Waals surface area contributed by atoms with Crippen LogP contribution in [0.5, 0.6) is 5.75 Å². The van der Waals surface area contributed by atoms with Crippen LogP contribution in [0.4, 0.5) is 11.4 Å². The highest BCUT2D eigenvalue weighted by molar-refractivity contribution is 6.04. The minimum atomic E-state index is -0.340. The Morgan fingerprint density at radius 1 is 1.12 bits per heavy atom. The zero-order chi connectivity index (χ0) is 17.5. The topological polar surface area (TPSA) is 102 Å². The van der Waals surface area contributed by atoms with Gasteiger partial charge in [0.15, 0.2) is 0 Å². The third-order valence-electron chi connectivity index (χ3n) is 3.05. The van der Waals surface area contributed by atoms with Crippen molar-refractivity contribution in [3.8, 4) is 5.75 Å². The monoisotopic (exact) mass is 330 g/mol. The summed E-state index contributed by atoms with van der Waals surface area (Å²) in [4.78, 5) is 31.7. The Labute approximate surface area is 139 Å². The number of benzene rings is 1. The molecule has 1 aromatic heterocycles. The lowest BCUT2D eigenvalue weighted by molar-refractivity contribution is -0.119. The van der Waals surface area contributed by atoms with Gasteiger partial charge in [-0.3, -0.25) is 9.59 Å². The summed E-state index contributed by atoms with van der Waals surface area (Å²) in [7, 11) is 2.91. The number of aryl methyl sites for hydroxylation is 1. The van der Waals surface area contributed by atoms with Crippen molar-refractivity contribution in [1.29, 1.82) is 0 Å². The third-order valence-corrected chi connectivity index (χ3v) is 3.05. The van der Waals surface area contributed by atoms with E-state index in [4.69, 9.17) is 9.47 Å². The van der Waals surface area contributed by atoms with Gasteiger partial charge in [-0.25, -0.2) is 9.97 Å². The predicted octanol–water partition coefficient (Wildman–Crippen LogP) is 1.63. The molecular formula is C16H18N4O4. The zero-order valence-corrected chi connectivity index (χ0v) is 13.6. The molecule has 126 valence electrons. The smallest absolute Gasteiger partial charge is 0.258 e. The molecule has 24 heavy (non-hydrogen) atoms. The standard InChI is InChI=1S/C16H18N4O4/c1-10-17-7-11(8-18-10)16(22)19-12-4-5-13(14(6-12)24-3)20-15(21)9-23-2/h4-8H,9H2,1-3H3,(H,19,22)(H,20,21). The van der Waals surface area contributed by atoms with Crippen molar-refractivity contribution in [3.63, 3.8) is 0 Å². The maximum absolute atomic E-state index is 12.2. The van der Waals surface area contributed by atoms with Crippen LogP contribution in [0.25, 0.3) is 0 Å². The van der Waals surface area contributed by atoms with Crippen LogP contribution < -0.4 is 15.4 Å². The van der Waals surface area contributed by atoms with Gasteiger partial charge in [0.25, 0.3) is 5.91 Å². The Hall–Kier alpha value is -3.00. The Kier molecular flexibility index (Phi) is 5.80. The molecule has 8 nitrogen and oxygen atoms in total. The van der Waals surface area contributed by atoms with E-state index in [0.717, 1.165) is 0 Å². The number of hydrogen-bond donors (Lipinski definition) is 2. The van der Waals surface area contributed by atoms with Gasteiger partial charge in [0.2, 0.25) is 5.91 Å². The van der Waals surface area contributed by atoms with E-state index < -0.39 is 0 Å². The molecule has 0 spiro atoms. The molecule has 2 rings (SSSR count). The Morgan fingerprint density at radius 3 is 2.46 bits per heavy atom. The third kappa shape index (κ3) is 4.50. The first-order chi connectivity index (χ1) is 11.5. The fraction of sp³-hybridized carbons (Fsp3) is 0.250. The molecule has 0 radical (unpaired) electrons. The molecule has 2 N–H and O–H groups in total. The van der Waals surface area contributed by atoms with E-state index in [9.17, 15) is 9.59 Å². The van der Waals surface area contributed by atoms with Gasteiger partial charge >= 0.3 is 0 Å². The molecule has 0 saturated heterocycles. The van der Waals surface area contributed by atoms with Gasteiger partial charge in [0.05, 0.1) is 18.4 Å². The number of methoxy groups -OCH3 is 2. The van der Waals surface area contributed by atoms with Crippen molar-refractivity contribution in [3.05, 3.63) is 42.0 Å². The van der Waals surface area contributed by atoms with Gasteiger partial charge in [-0.05, 0) is 19.1 Å². The van der Waals surface area contributed by atoms with Gasteiger partial charge in [0.1, 0.15) is 18.2 Å². The summed E-state index contributed by atoms with van der Waals surface area (Å²) in [6, 6.07) is 4.89. The first-order valence-corrected chi connectivity index (χ1v) is 7.10. The molecule has 0 saturated carbocycles. The largest absolute Gasteiger partial charge is 0.494 e. The summed E-state index contributed by atoms with van der Waals surface area (Å²) in [5, 5.41) is 5.38. The zero-order valence-electron chi connectivity index (χ0n) is 13.6. The Morgan fingerprint density at radius 2 is 1.83 bits per heavy atom. The lowest BCUT2D eigenvalue weighted by atomic mass is 10.2. The van der Waals surface area contributed by atoms with E-state index >= 15 is 0 Å². The van der Waals surface area contributed by atoms with E-state index in [1.165, 1.54) is 26.6 Å². The highest BCUT2D eigenvalue weighted by atomic mass is 16.5. The van der Waals surface area contributed by atoms with Crippen LogP contribution >= 0.6 is 0 Å². The maximum Gasteiger partial charge on any atom is 0.258 e. The van der Waals surface area contributed by atoms with Crippen LogP contribution in [-0.4, -0.2) is 42.6 Å². The molecule has 0 unspecified atom stereocenters. The molecule has 0 atom stereocenters. The molecule has 0 fully saturated rings. The number of nitrogens with one attached hydrogen (secondary N) is 2. The summed E-state index contributed by atoms with van der Waals surface area (Å²) in [6.45, 7) is 1.68. The number of ether oxygens (including phenoxy) is 2. The quantitative estimate of drug-likeness (QED) is 0.834. The lowest BCUT2D eigenvalue weighted by Crippen LogP contribution is -2.18. The second-order valence-electron chi connectivity index (χ2n) is 4.87. The van der Waals surface area contributed by atoms with Gasteiger partial charge < -0.3 is 20.1 Å². The predicted molar refractivity (Wildman–Crippen MR) is 88.2 cm³/mol. The highest BCUT2D eigenvalue weighted by Crippen LogP contribution is 2.28. The molecule has 1 aromatic carbocycles. The van der Waals surface area contributed by atoms with E-state index in [-0.39, 0.29) is 18.4 Å². The Balaban J connectivity index is 2.12. The fourth-order valence-electron chi connectivity index (χ4n) is 1.90. The number of carbonyl (C=O) groups is 2. The van der Waals surface area contributed by atoms with Crippen molar-refractivity contribution in [2.75, 3.05) is 31.5 Å². The first kappa shape index (κ1) is 17.4. The SMILES string of the molecule is COCC(=O)Nc1ccc(NC(=O)c2cnc(C)nc2)cc1OC.